The first-order valence-electron chi connectivity index (χ1n) is 5.99. The van der Waals surface area contributed by atoms with Gasteiger partial charge >= 0.3 is 6.18 Å². The van der Waals surface area contributed by atoms with Crippen LogP contribution in [0.4, 0.5) is 13.2 Å². The number of aliphatic hydroxyl groups excluding tert-OH is 1. The Balaban J connectivity index is 0.00000361. The molecule has 0 fully saturated rings. The number of rotatable bonds is 4. The molecule has 0 aliphatic rings. The molecule has 3 atom stereocenters. The molecule has 0 aliphatic carbocycles. The molecule has 0 radical (unpaired) electrons. The Labute approximate surface area is 127 Å². The van der Waals surface area contributed by atoms with Crippen molar-refractivity contribution in [3.63, 3.8) is 0 Å². The number of hydrogen-bond acceptors (Lipinski definition) is 2. The fourth-order valence-electron chi connectivity index (χ4n) is 1.81. The highest BCUT2D eigenvalue weighted by molar-refractivity contribution is 6.32. The Bertz CT molecular complexity index is 440. The third-order valence-electron chi connectivity index (χ3n) is 3.29. The molecule has 0 spiro atoms. The van der Waals surface area contributed by atoms with E-state index in [1.807, 2.05) is 6.92 Å². The van der Waals surface area contributed by atoms with E-state index in [-0.39, 0.29) is 23.9 Å². The summed E-state index contributed by atoms with van der Waals surface area (Å²) in [6.07, 6.45) is -4.80. The van der Waals surface area contributed by atoms with E-state index in [0.29, 0.717) is 6.42 Å². The Morgan fingerprint density at radius 1 is 1.35 bits per heavy atom. The molecule has 2 nitrogen and oxygen atoms in total. The van der Waals surface area contributed by atoms with Crippen LogP contribution in [-0.4, -0.2) is 11.2 Å². The molecule has 3 N–H and O–H groups in total. The predicted molar refractivity (Wildman–Crippen MR) is 76.1 cm³/mol. The van der Waals surface area contributed by atoms with Crippen molar-refractivity contribution in [3.05, 3.63) is 34.3 Å². The molecule has 1 rings (SSSR count). The van der Waals surface area contributed by atoms with Crippen LogP contribution < -0.4 is 5.73 Å². The molecule has 116 valence electrons. The Morgan fingerprint density at radius 3 is 2.35 bits per heavy atom. The summed E-state index contributed by atoms with van der Waals surface area (Å²) in [6.45, 7) is 3.65. The highest BCUT2D eigenvalue weighted by atomic mass is 35.5. The first kappa shape index (κ1) is 19.5. The van der Waals surface area contributed by atoms with Crippen LogP contribution in [0, 0.1) is 5.92 Å². The largest absolute Gasteiger partial charge is 0.417 e. The average Bonchev–Trinajstić information content (AvgIpc) is 2.35. The van der Waals surface area contributed by atoms with Gasteiger partial charge in [-0.1, -0.05) is 44.0 Å². The SMILES string of the molecule is CCC(C)[C@H](O)[C@H](N)c1cccc(C(F)(F)F)c1Cl.Cl. The molecule has 1 aromatic rings. The molecule has 20 heavy (non-hydrogen) atoms. The molecule has 7 heteroatoms. The van der Waals surface area contributed by atoms with Crippen LogP contribution in [0.1, 0.15) is 37.4 Å². The zero-order chi connectivity index (χ0) is 14.8. The van der Waals surface area contributed by atoms with Gasteiger partial charge in [-0.3, -0.25) is 0 Å². The maximum Gasteiger partial charge on any atom is 0.417 e. The van der Waals surface area contributed by atoms with Gasteiger partial charge in [0.05, 0.1) is 22.7 Å². The molecule has 0 aliphatic heterocycles. The molecule has 0 bridgehead atoms. The summed E-state index contributed by atoms with van der Waals surface area (Å²) in [6, 6.07) is 2.61. The lowest BCUT2D eigenvalue weighted by Gasteiger charge is -2.25. The van der Waals surface area contributed by atoms with Crippen LogP contribution in [-0.2, 0) is 6.18 Å². The lowest BCUT2D eigenvalue weighted by Crippen LogP contribution is -2.32. The smallest absolute Gasteiger partial charge is 0.391 e. The van der Waals surface area contributed by atoms with Crippen molar-refractivity contribution >= 4 is 24.0 Å². The van der Waals surface area contributed by atoms with Gasteiger partial charge in [-0.2, -0.15) is 13.2 Å². The predicted octanol–water partition coefficient (Wildman–Crippen LogP) is 4.19. The summed E-state index contributed by atoms with van der Waals surface area (Å²) in [4.78, 5) is 0. The van der Waals surface area contributed by atoms with Crippen molar-refractivity contribution in [1.82, 2.24) is 0 Å². The Morgan fingerprint density at radius 2 is 1.90 bits per heavy atom. The molecule has 0 saturated heterocycles. The van der Waals surface area contributed by atoms with Gasteiger partial charge in [-0.25, -0.2) is 0 Å². The summed E-state index contributed by atoms with van der Waals surface area (Å²) in [7, 11) is 0. The fourth-order valence-corrected chi connectivity index (χ4v) is 2.16. The van der Waals surface area contributed by atoms with E-state index in [1.54, 1.807) is 6.92 Å². The van der Waals surface area contributed by atoms with Gasteiger partial charge in [0.15, 0.2) is 0 Å². The number of aliphatic hydroxyl groups is 1. The van der Waals surface area contributed by atoms with Crippen LogP contribution in [0.25, 0.3) is 0 Å². The zero-order valence-electron chi connectivity index (χ0n) is 11.1. The van der Waals surface area contributed by atoms with Gasteiger partial charge in [0.2, 0.25) is 0 Å². The van der Waals surface area contributed by atoms with Crippen molar-refractivity contribution < 1.29 is 18.3 Å². The number of alkyl halides is 3. The van der Waals surface area contributed by atoms with Gasteiger partial charge in [-0.15, -0.1) is 12.4 Å². The van der Waals surface area contributed by atoms with Gasteiger partial charge < -0.3 is 10.8 Å². The number of halogens is 5. The van der Waals surface area contributed by atoms with Crippen molar-refractivity contribution in [2.24, 2.45) is 11.7 Å². The van der Waals surface area contributed by atoms with E-state index in [9.17, 15) is 18.3 Å². The number of benzene rings is 1. The van der Waals surface area contributed by atoms with Gasteiger partial charge in [0.1, 0.15) is 0 Å². The number of hydrogen-bond donors (Lipinski definition) is 2. The second-order valence-corrected chi connectivity index (χ2v) is 4.99. The first-order valence-corrected chi connectivity index (χ1v) is 6.37. The topological polar surface area (TPSA) is 46.2 Å². The molecular weight excluding hydrogens is 314 g/mol. The van der Waals surface area contributed by atoms with E-state index in [0.717, 1.165) is 6.07 Å². The third kappa shape index (κ3) is 4.25. The van der Waals surface area contributed by atoms with Crippen molar-refractivity contribution in [1.29, 1.82) is 0 Å². The summed E-state index contributed by atoms with van der Waals surface area (Å²) in [5.41, 5.74) is 5.01. The maximum atomic E-state index is 12.7. The molecular formula is C13H18Cl2F3NO. The fraction of sp³-hybridized carbons (Fsp3) is 0.538. The summed E-state index contributed by atoms with van der Waals surface area (Å²) >= 11 is 5.77. The Kier molecular flexibility index (Phi) is 7.32. The maximum absolute atomic E-state index is 12.7. The quantitative estimate of drug-likeness (QED) is 0.869. The van der Waals surface area contributed by atoms with Crippen LogP contribution in [0.5, 0.6) is 0 Å². The second kappa shape index (κ2) is 7.50. The normalized spacial score (nSPS) is 16.2. The van der Waals surface area contributed by atoms with Crippen molar-refractivity contribution in [3.8, 4) is 0 Å². The molecule has 1 aromatic carbocycles. The molecule has 0 amide bonds. The lowest BCUT2D eigenvalue weighted by molar-refractivity contribution is -0.137. The highest BCUT2D eigenvalue weighted by Gasteiger charge is 2.35. The van der Waals surface area contributed by atoms with Crippen LogP contribution in [0.15, 0.2) is 18.2 Å². The van der Waals surface area contributed by atoms with Crippen molar-refractivity contribution in [2.45, 2.75) is 38.6 Å². The van der Waals surface area contributed by atoms with E-state index in [4.69, 9.17) is 17.3 Å². The summed E-state index contributed by atoms with van der Waals surface area (Å²) in [5, 5.41) is 9.55. The lowest BCUT2D eigenvalue weighted by atomic mass is 9.91. The van der Waals surface area contributed by atoms with Crippen molar-refractivity contribution in [2.75, 3.05) is 0 Å². The van der Waals surface area contributed by atoms with Gasteiger partial charge in [0, 0.05) is 0 Å². The summed E-state index contributed by atoms with van der Waals surface area (Å²) in [5.74, 6) is -0.124. The minimum Gasteiger partial charge on any atom is -0.391 e. The standard InChI is InChI=1S/C13H17ClF3NO.ClH/c1-3-7(2)12(19)11(18)8-5-4-6-9(10(8)14)13(15,16)17;/h4-7,11-12,19H,3,18H2,1-2H3;1H/t7?,11-,12+;/m1./s1. The minimum absolute atomic E-state index is 0. The van der Waals surface area contributed by atoms with E-state index < -0.39 is 28.9 Å². The van der Waals surface area contributed by atoms with Crippen LogP contribution in [0.3, 0.4) is 0 Å². The molecule has 1 unspecified atom stereocenters. The number of nitrogens with two attached hydrogens (primary N) is 1. The van der Waals surface area contributed by atoms with E-state index in [1.165, 1.54) is 12.1 Å². The van der Waals surface area contributed by atoms with Gasteiger partial charge in [-0.05, 0) is 17.5 Å². The average molecular weight is 332 g/mol. The minimum atomic E-state index is -4.53. The second-order valence-electron chi connectivity index (χ2n) is 4.61. The van der Waals surface area contributed by atoms with Gasteiger partial charge in [0.25, 0.3) is 0 Å². The Hall–Kier alpha value is -0.490. The molecule has 0 saturated carbocycles. The van der Waals surface area contributed by atoms with Crippen LogP contribution in [0.2, 0.25) is 5.02 Å². The van der Waals surface area contributed by atoms with Crippen LogP contribution >= 0.6 is 24.0 Å². The third-order valence-corrected chi connectivity index (χ3v) is 3.71. The summed E-state index contributed by atoms with van der Waals surface area (Å²) < 4.78 is 38.2. The van der Waals surface area contributed by atoms with E-state index >= 15 is 0 Å². The zero-order valence-corrected chi connectivity index (χ0v) is 12.7. The monoisotopic (exact) mass is 331 g/mol. The molecule has 0 aromatic heterocycles. The van der Waals surface area contributed by atoms with E-state index in [2.05, 4.69) is 0 Å². The first-order chi connectivity index (χ1) is 8.70. The highest BCUT2D eigenvalue weighted by Crippen LogP contribution is 2.38. The molecule has 0 heterocycles.